The molecule has 0 radical (unpaired) electrons. The van der Waals surface area contributed by atoms with Gasteiger partial charge in [-0.3, -0.25) is 0 Å². The van der Waals surface area contributed by atoms with Gasteiger partial charge in [0.05, 0.1) is 12.0 Å². The van der Waals surface area contributed by atoms with Gasteiger partial charge in [-0.2, -0.15) is 0 Å². The number of imidazole rings is 1. The minimum atomic E-state index is 0.267. The molecule has 0 N–H and O–H groups in total. The Kier molecular flexibility index (Phi) is 7.19. The molecule has 0 aliphatic carbocycles. The lowest BCUT2D eigenvalue weighted by atomic mass is 9.88. The van der Waals surface area contributed by atoms with E-state index in [1.54, 1.807) is 0 Å². The van der Waals surface area contributed by atoms with Crippen molar-refractivity contribution in [2.75, 3.05) is 0 Å². The van der Waals surface area contributed by atoms with Crippen molar-refractivity contribution in [2.24, 2.45) is 0 Å². The second kappa shape index (κ2) is 8.39. The Labute approximate surface area is 119 Å². The maximum atomic E-state index is 4.41. The lowest BCUT2D eigenvalue weighted by Crippen LogP contribution is -2.29. The van der Waals surface area contributed by atoms with Crippen LogP contribution in [0.4, 0.5) is 0 Å². The van der Waals surface area contributed by atoms with Gasteiger partial charge in [-0.15, -0.1) is 0 Å². The zero-order chi connectivity index (χ0) is 14.1. The Bertz CT molecular complexity index is 343. The van der Waals surface area contributed by atoms with Crippen molar-refractivity contribution in [3.05, 3.63) is 18.2 Å². The van der Waals surface area contributed by atoms with Gasteiger partial charge in [0.2, 0.25) is 0 Å². The molecule has 110 valence electrons. The predicted octanol–water partition coefficient (Wildman–Crippen LogP) is 5.46. The summed E-state index contributed by atoms with van der Waals surface area (Å²) >= 11 is 0. The molecule has 1 atom stereocenters. The van der Waals surface area contributed by atoms with Crippen LogP contribution >= 0.6 is 0 Å². The van der Waals surface area contributed by atoms with Gasteiger partial charge in [0, 0.05) is 11.7 Å². The Balaban J connectivity index is 2.54. The fourth-order valence-electron chi connectivity index (χ4n) is 2.77. The van der Waals surface area contributed by atoms with E-state index in [9.17, 15) is 0 Å². The third-order valence-corrected chi connectivity index (χ3v) is 4.22. The molecule has 2 nitrogen and oxygen atoms in total. The molecule has 19 heavy (non-hydrogen) atoms. The maximum absolute atomic E-state index is 4.41. The molecule has 2 heteroatoms. The van der Waals surface area contributed by atoms with E-state index >= 15 is 0 Å². The van der Waals surface area contributed by atoms with Gasteiger partial charge >= 0.3 is 0 Å². The number of nitrogens with zero attached hydrogens (tertiary/aromatic N) is 2. The molecule has 0 saturated heterocycles. The first-order valence-corrected chi connectivity index (χ1v) is 8.13. The topological polar surface area (TPSA) is 17.8 Å². The highest BCUT2D eigenvalue weighted by Crippen LogP contribution is 2.30. The molecule has 0 aliphatic rings. The molecule has 1 unspecified atom stereocenters. The van der Waals surface area contributed by atoms with E-state index in [0.717, 1.165) is 5.69 Å². The normalized spacial score (nSPS) is 14.5. The molecular weight excluding hydrogens is 232 g/mol. The first-order valence-electron chi connectivity index (χ1n) is 8.13. The molecule has 0 saturated carbocycles. The van der Waals surface area contributed by atoms with Crippen LogP contribution in [0.5, 0.6) is 0 Å². The third-order valence-electron chi connectivity index (χ3n) is 4.22. The smallest absolute Gasteiger partial charge is 0.0954 e. The van der Waals surface area contributed by atoms with Crippen LogP contribution in [-0.2, 0) is 5.54 Å². The standard InChI is InChI=1S/C17H32N2/c1-5-7-9-10-11-13-17(4,12-8-6-2)19-14-16(3)18-15-19/h14-15H,5-13H2,1-4H3. The van der Waals surface area contributed by atoms with Crippen molar-refractivity contribution in [3.8, 4) is 0 Å². The first kappa shape index (κ1) is 16.3. The molecule has 0 fully saturated rings. The van der Waals surface area contributed by atoms with Crippen LogP contribution in [0.15, 0.2) is 12.5 Å². The molecule has 1 rings (SSSR count). The Morgan fingerprint density at radius 1 is 1.00 bits per heavy atom. The average Bonchev–Trinajstić information content (AvgIpc) is 2.83. The summed E-state index contributed by atoms with van der Waals surface area (Å²) in [6.07, 6.45) is 16.2. The van der Waals surface area contributed by atoms with Gasteiger partial charge in [-0.25, -0.2) is 4.98 Å². The monoisotopic (exact) mass is 264 g/mol. The lowest BCUT2D eigenvalue weighted by Gasteiger charge is -2.31. The fourth-order valence-corrected chi connectivity index (χ4v) is 2.77. The van der Waals surface area contributed by atoms with E-state index in [2.05, 4.69) is 43.4 Å². The van der Waals surface area contributed by atoms with Gasteiger partial charge in [0.1, 0.15) is 0 Å². The number of unbranched alkanes of at least 4 members (excludes halogenated alkanes) is 5. The quantitative estimate of drug-likeness (QED) is 0.513. The highest BCUT2D eigenvalue weighted by Gasteiger charge is 2.24. The van der Waals surface area contributed by atoms with Crippen LogP contribution in [0.3, 0.4) is 0 Å². The maximum Gasteiger partial charge on any atom is 0.0954 e. The molecule has 0 aliphatic heterocycles. The Morgan fingerprint density at radius 3 is 2.21 bits per heavy atom. The van der Waals surface area contributed by atoms with Crippen LogP contribution in [0, 0.1) is 6.92 Å². The second-order valence-corrected chi connectivity index (χ2v) is 6.19. The summed E-state index contributed by atoms with van der Waals surface area (Å²) in [5.41, 5.74) is 1.40. The molecule has 0 bridgehead atoms. The van der Waals surface area contributed by atoms with Gasteiger partial charge < -0.3 is 4.57 Å². The molecule has 1 aromatic heterocycles. The Hall–Kier alpha value is -0.790. The van der Waals surface area contributed by atoms with Gasteiger partial charge in [0.25, 0.3) is 0 Å². The lowest BCUT2D eigenvalue weighted by molar-refractivity contribution is 0.252. The van der Waals surface area contributed by atoms with Gasteiger partial charge in [-0.05, 0) is 26.7 Å². The molecule has 1 aromatic rings. The van der Waals surface area contributed by atoms with Crippen molar-refractivity contribution >= 4 is 0 Å². The van der Waals surface area contributed by atoms with E-state index in [-0.39, 0.29) is 5.54 Å². The van der Waals surface area contributed by atoms with E-state index in [1.807, 2.05) is 6.33 Å². The Morgan fingerprint density at radius 2 is 1.63 bits per heavy atom. The van der Waals surface area contributed by atoms with Gasteiger partial charge in [0.15, 0.2) is 0 Å². The van der Waals surface area contributed by atoms with E-state index < -0.39 is 0 Å². The number of aromatic nitrogens is 2. The van der Waals surface area contributed by atoms with Crippen LogP contribution in [-0.4, -0.2) is 9.55 Å². The minimum Gasteiger partial charge on any atom is -0.331 e. The SMILES string of the molecule is CCCCCCCC(C)(CCCC)n1cnc(C)c1. The van der Waals surface area contributed by atoms with Crippen LogP contribution < -0.4 is 0 Å². The number of hydrogen-bond donors (Lipinski definition) is 0. The van der Waals surface area contributed by atoms with Crippen molar-refractivity contribution in [1.29, 1.82) is 0 Å². The zero-order valence-corrected chi connectivity index (χ0v) is 13.4. The molecule has 0 aromatic carbocycles. The first-order chi connectivity index (χ1) is 9.12. The summed E-state index contributed by atoms with van der Waals surface area (Å²) in [5.74, 6) is 0. The summed E-state index contributed by atoms with van der Waals surface area (Å²) in [6, 6.07) is 0. The van der Waals surface area contributed by atoms with E-state index in [4.69, 9.17) is 0 Å². The highest BCUT2D eigenvalue weighted by molar-refractivity contribution is 4.98. The summed E-state index contributed by atoms with van der Waals surface area (Å²) in [6.45, 7) is 9.04. The predicted molar refractivity (Wildman–Crippen MR) is 83.5 cm³/mol. The van der Waals surface area contributed by atoms with Crippen molar-refractivity contribution in [2.45, 2.75) is 91.0 Å². The van der Waals surface area contributed by atoms with Crippen molar-refractivity contribution in [3.63, 3.8) is 0 Å². The molecule has 0 spiro atoms. The number of aryl methyl sites for hydroxylation is 1. The summed E-state index contributed by atoms with van der Waals surface area (Å²) in [5, 5.41) is 0. The van der Waals surface area contributed by atoms with Crippen molar-refractivity contribution in [1.82, 2.24) is 9.55 Å². The van der Waals surface area contributed by atoms with Gasteiger partial charge in [-0.1, -0.05) is 58.8 Å². The fraction of sp³-hybridized carbons (Fsp3) is 0.824. The summed E-state index contributed by atoms with van der Waals surface area (Å²) in [4.78, 5) is 4.41. The zero-order valence-electron chi connectivity index (χ0n) is 13.4. The van der Waals surface area contributed by atoms with E-state index in [0.29, 0.717) is 0 Å². The van der Waals surface area contributed by atoms with Crippen LogP contribution in [0.25, 0.3) is 0 Å². The van der Waals surface area contributed by atoms with Crippen LogP contribution in [0.2, 0.25) is 0 Å². The van der Waals surface area contributed by atoms with Crippen molar-refractivity contribution < 1.29 is 0 Å². The highest BCUT2D eigenvalue weighted by atomic mass is 15.1. The number of hydrogen-bond acceptors (Lipinski definition) is 1. The second-order valence-electron chi connectivity index (χ2n) is 6.19. The number of rotatable bonds is 10. The molecule has 0 amide bonds. The average molecular weight is 264 g/mol. The largest absolute Gasteiger partial charge is 0.331 e. The third kappa shape index (κ3) is 5.38. The minimum absolute atomic E-state index is 0.267. The molecule has 1 heterocycles. The van der Waals surface area contributed by atoms with Crippen LogP contribution in [0.1, 0.15) is 84.3 Å². The molecular formula is C17H32N2. The summed E-state index contributed by atoms with van der Waals surface area (Å²) in [7, 11) is 0. The van der Waals surface area contributed by atoms with E-state index in [1.165, 1.54) is 57.8 Å². The summed E-state index contributed by atoms with van der Waals surface area (Å²) < 4.78 is 2.36.